The lowest BCUT2D eigenvalue weighted by atomic mass is 10.00. The number of benzene rings is 4. The molecule has 4 aromatic rings. The SMILES string of the molecule is CC.CC(C)Cc1ccccc1.Cc1ccc(C(C)C)c(O)c1.Cc1ccc(C(C)C)c(O)c1O.Cc1ccc(C(C)C)cc1O. The Morgan fingerprint density at radius 3 is 1.48 bits per heavy atom. The standard InChI is InChI=1S/C10H14O2.2C10H14O.C10H14.C2H6/c1-6(2)8-5-4-7(3)9(11)10(8)12;1-7(2)9-5-4-8(3)10(11)6-9;1-7(2)9-5-4-8(3)6-10(9)11;1-9(2)8-10-6-4-3-5-7-10;1-2/h4-6,11-12H,1-3H3;2*4-7,11H,1-3H3;3-7,9H,8H2,1-2H3;1-2H3. The van der Waals surface area contributed by atoms with Gasteiger partial charge in [0.25, 0.3) is 0 Å². The molecule has 4 aromatic carbocycles. The van der Waals surface area contributed by atoms with E-state index >= 15 is 0 Å². The van der Waals surface area contributed by atoms with Gasteiger partial charge in [-0.15, -0.1) is 0 Å². The molecule has 0 aromatic heterocycles. The van der Waals surface area contributed by atoms with Crippen LogP contribution in [0.5, 0.6) is 23.0 Å². The van der Waals surface area contributed by atoms with Gasteiger partial charge in [0.05, 0.1) is 0 Å². The molecule has 46 heavy (non-hydrogen) atoms. The van der Waals surface area contributed by atoms with E-state index in [1.54, 1.807) is 13.0 Å². The first kappa shape index (κ1) is 42.1. The van der Waals surface area contributed by atoms with Crippen molar-refractivity contribution in [2.24, 2.45) is 5.92 Å². The van der Waals surface area contributed by atoms with E-state index < -0.39 is 0 Å². The lowest BCUT2D eigenvalue weighted by Gasteiger charge is -2.10. The minimum atomic E-state index is 0.00111. The van der Waals surface area contributed by atoms with Gasteiger partial charge in [0.15, 0.2) is 11.5 Å². The van der Waals surface area contributed by atoms with E-state index in [9.17, 15) is 20.4 Å². The van der Waals surface area contributed by atoms with Crippen LogP contribution in [0.15, 0.2) is 78.9 Å². The first-order chi connectivity index (χ1) is 21.5. The zero-order valence-corrected chi connectivity index (χ0v) is 30.8. The molecule has 0 saturated carbocycles. The summed E-state index contributed by atoms with van der Waals surface area (Å²) in [5, 5.41) is 37.7. The van der Waals surface area contributed by atoms with Crippen LogP contribution in [0.2, 0.25) is 0 Å². The van der Waals surface area contributed by atoms with Gasteiger partial charge in [-0.25, -0.2) is 0 Å². The predicted molar refractivity (Wildman–Crippen MR) is 199 cm³/mol. The molecule has 0 aliphatic rings. The van der Waals surface area contributed by atoms with E-state index in [-0.39, 0.29) is 17.4 Å². The average Bonchev–Trinajstić information content (AvgIpc) is 2.99. The van der Waals surface area contributed by atoms with Crippen LogP contribution in [0.4, 0.5) is 0 Å². The Labute approximate surface area is 280 Å². The number of phenols is 4. The maximum absolute atomic E-state index is 9.50. The second-order valence-electron chi connectivity index (χ2n) is 12.8. The van der Waals surface area contributed by atoms with Crippen molar-refractivity contribution in [3.8, 4) is 23.0 Å². The van der Waals surface area contributed by atoms with Crippen LogP contribution in [0.1, 0.15) is 126 Å². The van der Waals surface area contributed by atoms with Crippen molar-refractivity contribution >= 4 is 0 Å². The molecule has 0 aliphatic carbocycles. The fourth-order valence-electron chi connectivity index (χ4n) is 4.37. The Morgan fingerprint density at radius 1 is 0.500 bits per heavy atom. The quantitative estimate of drug-likeness (QED) is 0.165. The summed E-state index contributed by atoms with van der Waals surface area (Å²) in [6.07, 6.45) is 1.20. The lowest BCUT2D eigenvalue weighted by Crippen LogP contribution is -1.92. The average molecular weight is 631 g/mol. The largest absolute Gasteiger partial charge is 0.508 e. The molecule has 0 unspecified atom stereocenters. The molecule has 0 aliphatic heterocycles. The highest BCUT2D eigenvalue weighted by Gasteiger charge is 2.11. The summed E-state index contributed by atoms with van der Waals surface area (Å²) in [7, 11) is 0. The van der Waals surface area contributed by atoms with Crippen molar-refractivity contribution in [3.63, 3.8) is 0 Å². The van der Waals surface area contributed by atoms with E-state index in [1.807, 2.05) is 77.9 Å². The van der Waals surface area contributed by atoms with Gasteiger partial charge >= 0.3 is 0 Å². The van der Waals surface area contributed by atoms with Crippen molar-refractivity contribution in [2.75, 3.05) is 0 Å². The van der Waals surface area contributed by atoms with Gasteiger partial charge in [0.1, 0.15) is 11.5 Å². The van der Waals surface area contributed by atoms with E-state index in [2.05, 4.69) is 77.9 Å². The number of hydrogen-bond acceptors (Lipinski definition) is 4. The summed E-state index contributed by atoms with van der Waals surface area (Å²) in [4.78, 5) is 0. The molecule has 0 saturated heterocycles. The maximum Gasteiger partial charge on any atom is 0.161 e. The molecular weight excluding hydrogens is 568 g/mol. The molecule has 4 heteroatoms. The number of aromatic hydroxyl groups is 4. The Morgan fingerprint density at radius 2 is 1.02 bits per heavy atom. The van der Waals surface area contributed by atoms with Crippen LogP contribution in [-0.2, 0) is 6.42 Å². The van der Waals surface area contributed by atoms with Gasteiger partial charge in [-0.2, -0.15) is 0 Å². The van der Waals surface area contributed by atoms with Crippen molar-refractivity contribution in [2.45, 2.75) is 114 Å². The molecule has 4 N–H and O–H groups in total. The maximum atomic E-state index is 9.50. The topological polar surface area (TPSA) is 80.9 Å². The van der Waals surface area contributed by atoms with E-state index in [1.165, 1.54) is 17.5 Å². The molecule has 0 heterocycles. The zero-order chi connectivity index (χ0) is 35.6. The molecule has 4 nitrogen and oxygen atoms in total. The number of phenolic OH excluding ortho intramolecular Hbond substituents is 4. The minimum absolute atomic E-state index is 0.00111. The second-order valence-corrected chi connectivity index (χ2v) is 12.8. The predicted octanol–water partition coefficient (Wildman–Crippen LogP) is 12.1. The summed E-state index contributed by atoms with van der Waals surface area (Å²) in [6, 6.07) is 25.9. The van der Waals surface area contributed by atoms with Crippen LogP contribution < -0.4 is 0 Å². The number of rotatable bonds is 5. The summed E-state index contributed by atoms with van der Waals surface area (Å²) >= 11 is 0. The molecule has 254 valence electrons. The fourth-order valence-corrected chi connectivity index (χ4v) is 4.37. The van der Waals surface area contributed by atoms with Crippen molar-refractivity contribution in [1.29, 1.82) is 0 Å². The second kappa shape index (κ2) is 21.8. The highest BCUT2D eigenvalue weighted by molar-refractivity contribution is 5.50. The number of aryl methyl sites for hydroxylation is 3. The van der Waals surface area contributed by atoms with Crippen LogP contribution >= 0.6 is 0 Å². The van der Waals surface area contributed by atoms with Crippen LogP contribution in [-0.4, -0.2) is 20.4 Å². The summed E-state index contributed by atoms with van der Waals surface area (Å²) in [6.45, 7) is 26.5. The Hall–Kier alpha value is -3.92. The highest BCUT2D eigenvalue weighted by atomic mass is 16.3. The molecular formula is C42H62O4. The summed E-state index contributed by atoms with van der Waals surface area (Å²) < 4.78 is 0. The molecule has 0 bridgehead atoms. The third-order valence-electron chi connectivity index (χ3n) is 7.20. The van der Waals surface area contributed by atoms with Gasteiger partial charge in [-0.1, -0.05) is 136 Å². The van der Waals surface area contributed by atoms with Gasteiger partial charge in [0, 0.05) is 5.56 Å². The molecule has 4 rings (SSSR count). The normalized spacial score (nSPS) is 10.2. The molecule has 0 radical (unpaired) electrons. The van der Waals surface area contributed by atoms with E-state index in [0.717, 1.165) is 28.2 Å². The number of hydrogen-bond donors (Lipinski definition) is 4. The summed E-state index contributed by atoms with van der Waals surface area (Å²) in [5.74, 6) is 2.72. The van der Waals surface area contributed by atoms with Crippen LogP contribution in [0, 0.1) is 26.7 Å². The van der Waals surface area contributed by atoms with Crippen LogP contribution in [0.25, 0.3) is 0 Å². The van der Waals surface area contributed by atoms with Crippen molar-refractivity contribution in [1.82, 2.24) is 0 Å². The van der Waals surface area contributed by atoms with Gasteiger partial charge < -0.3 is 20.4 Å². The van der Waals surface area contributed by atoms with Gasteiger partial charge in [-0.3, -0.25) is 0 Å². The monoisotopic (exact) mass is 630 g/mol. The van der Waals surface area contributed by atoms with Crippen molar-refractivity contribution in [3.05, 3.63) is 118 Å². The van der Waals surface area contributed by atoms with E-state index in [4.69, 9.17) is 0 Å². The first-order valence-corrected chi connectivity index (χ1v) is 16.7. The summed E-state index contributed by atoms with van der Waals surface area (Å²) in [5.41, 5.74) is 7.19. The van der Waals surface area contributed by atoms with Gasteiger partial charge in [-0.05, 0) is 96.4 Å². The highest BCUT2D eigenvalue weighted by Crippen LogP contribution is 2.35. The first-order valence-electron chi connectivity index (χ1n) is 16.7. The smallest absolute Gasteiger partial charge is 0.161 e. The molecule has 0 amide bonds. The molecule has 0 spiro atoms. The molecule has 0 atom stereocenters. The third kappa shape index (κ3) is 15.4. The Kier molecular flexibility index (Phi) is 19.9. The Bertz CT molecular complexity index is 1400. The Balaban J connectivity index is 0.000000577. The van der Waals surface area contributed by atoms with Gasteiger partial charge in [0.2, 0.25) is 0 Å². The fraction of sp³-hybridized carbons (Fsp3) is 0.429. The third-order valence-corrected chi connectivity index (χ3v) is 7.20. The zero-order valence-electron chi connectivity index (χ0n) is 30.8. The molecule has 0 fully saturated rings. The van der Waals surface area contributed by atoms with Crippen LogP contribution in [0.3, 0.4) is 0 Å². The lowest BCUT2D eigenvalue weighted by molar-refractivity contribution is 0.395. The van der Waals surface area contributed by atoms with E-state index in [0.29, 0.717) is 28.9 Å². The minimum Gasteiger partial charge on any atom is -0.508 e. The van der Waals surface area contributed by atoms with Crippen molar-refractivity contribution < 1.29 is 20.4 Å².